The first-order valence-corrected chi connectivity index (χ1v) is 13.0. The number of pyridine rings is 1. The van der Waals surface area contributed by atoms with Crippen molar-refractivity contribution >= 4 is 38.2 Å². The number of carbonyl (C=O) groups is 1. The van der Waals surface area contributed by atoms with E-state index < -0.39 is 16.0 Å². The maximum atomic E-state index is 13.6. The van der Waals surface area contributed by atoms with Crippen LogP contribution in [0.3, 0.4) is 0 Å². The summed E-state index contributed by atoms with van der Waals surface area (Å²) in [5, 5.41) is 2.70. The minimum absolute atomic E-state index is 0.0324. The van der Waals surface area contributed by atoms with Crippen molar-refractivity contribution in [1.29, 1.82) is 0 Å². The van der Waals surface area contributed by atoms with Crippen molar-refractivity contribution in [3.63, 3.8) is 0 Å². The number of carbonyl (C=O) groups excluding carboxylic acids is 1. The van der Waals surface area contributed by atoms with Gasteiger partial charge in [-0.2, -0.15) is 4.31 Å². The van der Waals surface area contributed by atoms with E-state index >= 15 is 0 Å². The Morgan fingerprint density at radius 1 is 1.06 bits per heavy atom. The van der Waals surface area contributed by atoms with Gasteiger partial charge in [0.05, 0.1) is 17.1 Å². The second-order valence-electron chi connectivity index (χ2n) is 7.81. The Hall–Kier alpha value is -3.27. The molecule has 4 aromatic rings. The molecule has 0 amide bonds. The second-order valence-corrected chi connectivity index (χ2v) is 10.8. The monoisotopic (exact) mass is 496 g/mol. The molecule has 0 unspecified atom stereocenters. The summed E-state index contributed by atoms with van der Waals surface area (Å²) in [6.45, 7) is 3.89. The van der Waals surface area contributed by atoms with E-state index in [2.05, 4.69) is 4.98 Å². The van der Waals surface area contributed by atoms with E-state index in [4.69, 9.17) is 4.74 Å². The predicted octanol–water partition coefficient (Wildman–Crippen LogP) is 4.47. The van der Waals surface area contributed by atoms with Crippen LogP contribution in [0.15, 0.2) is 75.7 Å². The van der Waals surface area contributed by atoms with Crippen molar-refractivity contribution in [3.8, 4) is 0 Å². The molecule has 176 valence electrons. The average Bonchev–Trinajstić information content (AvgIpc) is 3.32. The van der Waals surface area contributed by atoms with E-state index in [0.29, 0.717) is 11.1 Å². The number of esters is 1. The Bertz CT molecular complexity index is 1470. The number of aryl methyl sites for hydroxylation is 1. The largest absolute Gasteiger partial charge is 0.462 e. The Labute approximate surface area is 201 Å². The number of aromatic amines is 1. The van der Waals surface area contributed by atoms with Crippen LogP contribution >= 0.6 is 11.3 Å². The summed E-state index contributed by atoms with van der Waals surface area (Å²) < 4.78 is 33.4. The summed E-state index contributed by atoms with van der Waals surface area (Å²) in [5.41, 5.74) is 2.01. The Balaban J connectivity index is 1.71. The van der Waals surface area contributed by atoms with Gasteiger partial charge in [-0.1, -0.05) is 18.2 Å². The van der Waals surface area contributed by atoms with Gasteiger partial charge < -0.3 is 9.72 Å². The van der Waals surface area contributed by atoms with Crippen molar-refractivity contribution in [2.75, 3.05) is 6.61 Å². The van der Waals surface area contributed by atoms with Gasteiger partial charge in [0, 0.05) is 29.0 Å². The normalized spacial score (nSPS) is 11.7. The maximum Gasteiger partial charge on any atom is 0.338 e. The predicted molar refractivity (Wildman–Crippen MR) is 132 cm³/mol. The molecule has 0 atom stereocenters. The number of sulfonamides is 1. The molecule has 34 heavy (non-hydrogen) atoms. The van der Waals surface area contributed by atoms with Crippen LogP contribution in [0.4, 0.5) is 0 Å². The van der Waals surface area contributed by atoms with E-state index in [9.17, 15) is 18.0 Å². The van der Waals surface area contributed by atoms with Gasteiger partial charge in [0.2, 0.25) is 10.0 Å². The number of benzene rings is 2. The van der Waals surface area contributed by atoms with Crippen molar-refractivity contribution in [1.82, 2.24) is 9.29 Å². The molecule has 0 bridgehead atoms. The molecule has 2 aromatic heterocycles. The molecular weight excluding hydrogens is 472 g/mol. The van der Waals surface area contributed by atoms with Gasteiger partial charge in [0.25, 0.3) is 5.56 Å². The van der Waals surface area contributed by atoms with Gasteiger partial charge in [-0.25, -0.2) is 13.2 Å². The molecular formula is C25H24N2O5S2. The summed E-state index contributed by atoms with van der Waals surface area (Å²) in [6, 6.07) is 16.8. The molecule has 2 aromatic carbocycles. The smallest absolute Gasteiger partial charge is 0.338 e. The summed E-state index contributed by atoms with van der Waals surface area (Å²) in [5.74, 6) is -0.514. The first-order valence-electron chi connectivity index (χ1n) is 10.7. The molecule has 7 nitrogen and oxygen atoms in total. The lowest BCUT2D eigenvalue weighted by molar-refractivity contribution is 0.0526. The van der Waals surface area contributed by atoms with Gasteiger partial charge >= 0.3 is 5.97 Å². The molecule has 9 heteroatoms. The standard InChI is InChI=1S/C25H24N2O5S2/c1-3-32-25(29)18-8-10-22(11-9-18)34(30,31)27(16-21-5-4-12-33-21)15-20-14-19-7-6-17(2)13-23(19)26-24(20)28/h4-14H,3,15-16H2,1-2H3,(H,26,28). The molecule has 0 saturated carbocycles. The highest BCUT2D eigenvalue weighted by atomic mass is 32.2. The highest BCUT2D eigenvalue weighted by molar-refractivity contribution is 7.89. The van der Waals surface area contributed by atoms with Crippen LogP contribution in [0, 0.1) is 6.92 Å². The van der Waals surface area contributed by atoms with Crippen LogP contribution in [0.2, 0.25) is 0 Å². The number of hydrogen-bond acceptors (Lipinski definition) is 6. The van der Waals surface area contributed by atoms with E-state index in [1.165, 1.54) is 39.9 Å². The number of nitrogens with one attached hydrogen (secondary N) is 1. The van der Waals surface area contributed by atoms with Gasteiger partial charge in [-0.15, -0.1) is 11.3 Å². The Kier molecular flexibility index (Phi) is 6.97. The van der Waals surface area contributed by atoms with Crippen LogP contribution in [0.25, 0.3) is 10.9 Å². The third kappa shape index (κ3) is 5.11. The zero-order chi connectivity index (χ0) is 24.3. The van der Waals surface area contributed by atoms with Gasteiger partial charge in [-0.05, 0) is 72.6 Å². The third-order valence-electron chi connectivity index (χ3n) is 5.34. The fourth-order valence-electron chi connectivity index (χ4n) is 3.60. The fourth-order valence-corrected chi connectivity index (χ4v) is 5.79. The molecule has 0 fully saturated rings. The van der Waals surface area contributed by atoms with E-state index in [0.717, 1.165) is 15.8 Å². The zero-order valence-corrected chi connectivity index (χ0v) is 20.4. The third-order valence-corrected chi connectivity index (χ3v) is 8.01. The SMILES string of the molecule is CCOC(=O)c1ccc(S(=O)(=O)N(Cc2cccs2)Cc2cc3ccc(C)cc3[nH]c2=O)cc1. The lowest BCUT2D eigenvalue weighted by atomic mass is 10.1. The first kappa shape index (κ1) is 23.9. The van der Waals surface area contributed by atoms with Crippen molar-refractivity contribution in [2.24, 2.45) is 0 Å². The number of thiophene rings is 1. The number of rotatable bonds is 8. The highest BCUT2D eigenvalue weighted by Gasteiger charge is 2.27. The summed E-state index contributed by atoms with van der Waals surface area (Å²) in [4.78, 5) is 28.5. The minimum Gasteiger partial charge on any atom is -0.462 e. The van der Waals surface area contributed by atoms with Gasteiger partial charge in [-0.3, -0.25) is 4.79 Å². The Morgan fingerprint density at radius 2 is 1.82 bits per heavy atom. The number of aromatic nitrogens is 1. The molecule has 0 spiro atoms. The summed E-state index contributed by atoms with van der Waals surface area (Å²) in [7, 11) is -3.97. The highest BCUT2D eigenvalue weighted by Crippen LogP contribution is 2.24. The molecule has 0 radical (unpaired) electrons. The molecule has 4 rings (SSSR count). The van der Waals surface area contributed by atoms with Crippen molar-refractivity contribution in [2.45, 2.75) is 31.8 Å². The van der Waals surface area contributed by atoms with Crippen LogP contribution in [-0.4, -0.2) is 30.3 Å². The Morgan fingerprint density at radius 3 is 2.50 bits per heavy atom. The van der Waals surface area contributed by atoms with E-state index in [1.807, 2.05) is 42.6 Å². The quantitative estimate of drug-likeness (QED) is 0.363. The summed E-state index contributed by atoms with van der Waals surface area (Å²) >= 11 is 1.44. The molecule has 1 N–H and O–H groups in total. The first-order chi connectivity index (χ1) is 16.3. The van der Waals surface area contributed by atoms with Crippen molar-refractivity contribution in [3.05, 3.63) is 98.0 Å². The van der Waals surface area contributed by atoms with Crippen LogP contribution in [0.1, 0.15) is 33.3 Å². The summed E-state index contributed by atoms with van der Waals surface area (Å²) in [6.07, 6.45) is 0. The number of fused-ring (bicyclic) bond motifs is 1. The van der Waals surface area contributed by atoms with Crippen molar-refractivity contribution < 1.29 is 17.9 Å². The van der Waals surface area contributed by atoms with Crippen LogP contribution < -0.4 is 5.56 Å². The maximum absolute atomic E-state index is 13.6. The van der Waals surface area contributed by atoms with Crippen LogP contribution in [-0.2, 0) is 27.8 Å². The zero-order valence-electron chi connectivity index (χ0n) is 18.8. The average molecular weight is 497 g/mol. The van der Waals surface area contributed by atoms with E-state index in [-0.39, 0.29) is 35.7 Å². The lowest BCUT2D eigenvalue weighted by Crippen LogP contribution is -2.32. The lowest BCUT2D eigenvalue weighted by Gasteiger charge is -2.22. The number of H-pyrrole nitrogens is 1. The molecule has 0 aliphatic heterocycles. The number of hydrogen-bond donors (Lipinski definition) is 1. The minimum atomic E-state index is -3.97. The second kappa shape index (κ2) is 9.92. The van der Waals surface area contributed by atoms with Gasteiger partial charge in [0.15, 0.2) is 0 Å². The molecule has 0 aliphatic rings. The van der Waals surface area contributed by atoms with Gasteiger partial charge in [0.1, 0.15) is 0 Å². The van der Waals surface area contributed by atoms with Crippen LogP contribution in [0.5, 0.6) is 0 Å². The fraction of sp³-hybridized carbons (Fsp3) is 0.200. The molecule has 0 saturated heterocycles. The molecule has 0 aliphatic carbocycles. The number of ether oxygens (including phenoxy) is 1. The topological polar surface area (TPSA) is 96.5 Å². The molecule has 2 heterocycles. The van der Waals surface area contributed by atoms with E-state index in [1.54, 1.807) is 13.0 Å². The number of nitrogens with zero attached hydrogens (tertiary/aromatic N) is 1.